The maximum Gasteiger partial charge on any atom is 0.0974 e. The highest BCUT2D eigenvalue weighted by Gasteiger charge is 2.22. The first-order valence-electron chi connectivity index (χ1n) is 5.62. The molecule has 1 aromatic heterocycles. The molecule has 0 spiro atoms. The highest BCUT2D eigenvalue weighted by molar-refractivity contribution is 7.11. The molecule has 1 N–H and O–H groups in total. The fourth-order valence-electron chi connectivity index (χ4n) is 2.45. The quantitative estimate of drug-likeness (QED) is 0.764. The maximum atomic E-state index is 4.79. The Balaban J connectivity index is 1.82. The van der Waals surface area contributed by atoms with Gasteiger partial charge in [0.25, 0.3) is 0 Å². The Morgan fingerprint density at radius 2 is 2.29 bits per heavy atom. The predicted octanol–water partition coefficient (Wildman–Crippen LogP) is 2.10. The second kappa shape index (κ2) is 3.63. The van der Waals surface area contributed by atoms with Crippen LogP contribution in [0.3, 0.4) is 0 Å². The van der Waals surface area contributed by atoms with Crippen LogP contribution in [0.1, 0.15) is 40.8 Å². The van der Waals surface area contributed by atoms with Crippen LogP contribution in [0.25, 0.3) is 0 Å². The van der Waals surface area contributed by atoms with Crippen molar-refractivity contribution in [3.05, 3.63) is 15.6 Å². The zero-order valence-electron chi connectivity index (χ0n) is 8.38. The van der Waals surface area contributed by atoms with Gasteiger partial charge in [0.15, 0.2) is 0 Å². The molecule has 14 heavy (non-hydrogen) atoms. The van der Waals surface area contributed by atoms with Crippen LogP contribution in [0.2, 0.25) is 0 Å². The number of nitrogens with one attached hydrogen (secondary N) is 1. The largest absolute Gasteiger partial charge is 0.316 e. The third-order valence-electron chi connectivity index (χ3n) is 3.26. The summed E-state index contributed by atoms with van der Waals surface area (Å²) in [6.07, 6.45) is 6.49. The first-order chi connectivity index (χ1) is 6.93. The lowest BCUT2D eigenvalue weighted by molar-refractivity contribution is 0.460. The van der Waals surface area contributed by atoms with E-state index in [1.54, 1.807) is 4.88 Å². The maximum absolute atomic E-state index is 4.79. The Morgan fingerprint density at radius 3 is 3.07 bits per heavy atom. The van der Waals surface area contributed by atoms with Gasteiger partial charge in [0.1, 0.15) is 0 Å². The highest BCUT2D eigenvalue weighted by atomic mass is 32.1. The molecule has 3 rings (SSSR count). The van der Waals surface area contributed by atoms with Gasteiger partial charge in [-0.05, 0) is 38.6 Å². The summed E-state index contributed by atoms with van der Waals surface area (Å²) in [6.45, 7) is 2.34. The van der Waals surface area contributed by atoms with E-state index in [1.807, 2.05) is 11.3 Å². The molecule has 3 heteroatoms. The minimum Gasteiger partial charge on any atom is -0.316 e. The van der Waals surface area contributed by atoms with Gasteiger partial charge in [-0.2, -0.15) is 0 Å². The number of fused-ring (bicyclic) bond motifs is 1. The number of nitrogens with zero attached hydrogens (tertiary/aromatic N) is 1. The number of thiazole rings is 1. The molecular weight excluding hydrogens is 192 g/mol. The fourth-order valence-corrected chi connectivity index (χ4v) is 3.74. The van der Waals surface area contributed by atoms with Crippen LogP contribution in [0.15, 0.2) is 0 Å². The molecule has 1 saturated heterocycles. The van der Waals surface area contributed by atoms with E-state index >= 15 is 0 Å². The summed E-state index contributed by atoms with van der Waals surface area (Å²) in [7, 11) is 0. The molecular formula is C11H16N2S. The lowest BCUT2D eigenvalue weighted by Crippen LogP contribution is -2.28. The Hall–Kier alpha value is -0.410. The standard InChI is InChI=1S/C11H16N2S/c1-4-9-10(5-1)14-11(13-9)8-3-2-6-12-7-8/h8,12H,1-7H2/t8-/m0/s1. The lowest BCUT2D eigenvalue weighted by Gasteiger charge is -2.20. The fraction of sp³-hybridized carbons (Fsp3) is 0.727. The molecule has 76 valence electrons. The van der Waals surface area contributed by atoms with Crippen LogP contribution < -0.4 is 5.32 Å². The minimum atomic E-state index is 0.708. The zero-order valence-corrected chi connectivity index (χ0v) is 9.20. The van der Waals surface area contributed by atoms with Crippen molar-refractivity contribution >= 4 is 11.3 Å². The molecule has 2 heterocycles. The van der Waals surface area contributed by atoms with Gasteiger partial charge in [-0.3, -0.25) is 0 Å². The van der Waals surface area contributed by atoms with Crippen LogP contribution in [-0.2, 0) is 12.8 Å². The first-order valence-corrected chi connectivity index (χ1v) is 6.44. The summed E-state index contributed by atoms with van der Waals surface area (Å²) in [5, 5.41) is 4.87. The summed E-state index contributed by atoms with van der Waals surface area (Å²) in [6, 6.07) is 0. The molecule has 1 aromatic rings. The SMILES string of the molecule is C1Cc2nc([C@H]3CCCNC3)sc2C1. The Kier molecular flexibility index (Phi) is 2.30. The monoisotopic (exact) mass is 208 g/mol. The van der Waals surface area contributed by atoms with Gasteiger partial charge in [-0.1, -0.05) is 0 Å². The summed E-state index contributed by atoms with van der Waals surface area (Å²) < 4.78 is 0. The number of hydrogen-bond acceptors (Lipinski definition) is 3. The average molecular weight is 208 g/mol. The predicted molar refractivity (Wildman–Crippen MR) is 59.0 cm³/mol. The Labute approximate surface area is 88.7 Å². The van der Waals surface area contributed by atoms with Crippen LogP contribution in [0, 0.1) is 0 Å². The number of aromatic nitrogens is 1. The molecule has 0 amide bonds. The summed E-state index contributed by atoms with van der Waals surface area (Å²) >= 11 is 1.98. The van der Waals surface area contributed by atoms with E-state index in [-0.39, 0.29) is 0 Å². The third kappa shape index (κ3) is 1.48. The van der Waals surface area contributed by atoms with Crippen molar-refractivity contribution in [1.82, 2.24) is 10.3 Å². The van der Waals surface area contributed by atoms with Crippen molar-refractivity contribution in [2.45, 2.75) is 38.0 Å². The minimum absolute atomic E-state index is 0.708. The third-order valence-corrected chi connectivity index (χ3v) is 4.58. The molecule has 2 aliphatic rings. The van der Waals surface area contributed by atoms with Crippen LogP contribution in [-0.4, -0.2) is 18.1 Å². The number of piperidine rings is 1. The van der Waals surface area contributed by atoms with Gasteiger partial charge >= 0.3 is 0 Å². The van der Waals surface area contributed by atoms with Crippen molar-refractivity contribution in [2.24, 2.45) is 0 Å². The van der Waals surface area contributed by atoms with Gasteiger partial charge in [0, 0.05) is 17.3 Å². The van der Waals surface area contributed by atoms with E-state index in [2.05, 4.69) is 5.32 Å². The van der Waals surface area contributed by atoms with Gasteiger partial charge < -0.3 is 5.32 Å². The Morgan fingerprint density at radius 1 is 1.29 bits per heavy atom. The second-order valence-corrected chi connectivity index (χ2v) is 5.43. The Bertz CT molecular complexity index is 305. The molecule has 0 saturated carbocycles. The lowest BCUT2D eigenvalue weighted by atomic mass is 10.0. The van der Waals surface area contributed by atoms with Crippen LogP contribution >= 0.6 is 11.3 Å². The van der Waals surface area contributed by atoms with Gasteiger partial charge in [0.05, 0.1) is 10.7 Å². The summed E-state index contributed by atoms with van der Waals surface area (Å²) in [5.74, 6) is 0.708. The zero-order chi connectivity index (χ0) is 9.38. The molecule has 0 aromatic carbocycles. The average Bonchev–Trinajstić information content (AvgIpc) is 2.78. The van der Waals surface area contributed by atoms with Crippen molar-refractivity contribution in [3.63, 3.8) is 0 Å². The van der Waals surface area contributed by atoms with E-state index in [1.165, 1.54) is 49.4 Å². The van der Waals surface area contributed by atoms with Gasteiger partial charge in [-0.25, -0.2) is 4.98 Å². The van der Waals surface area contributed by atoms with Crippen LogP contribution in [0.4, 0.5) is 0 Å². The molecule has 0 unspecified atom stereocenters. The van der Waals surface area contributed by atoms with E-state index in [4.69, 9.17) is 4.98 Å². The van der Waals surface area contributed by atoms with E-state index in [9.17, 15) is 0 Å². The number of rotatable bonds is 1. The van der Waals surface area contributed by atoms with Crippen LogP contribution in [0.5, 0.6) is 0 Å². The summed E-state index contributed by atoms with van der Waals surface area (Å²) in [4.78, 5) is 6.37. The van der Waals surface area contributed by atoms with Crippen molar-refractivity contribution < 1.29 is 0 Å². The first kappa shape index (κ1) is 8.86. The van der Waals surface area contributed by atoms with Crippen molar-refractivity contribution in [3.8, 4) is 0 Å². The van der Waals surface area contributed by atoms with Crippen molar-refractivity contribution in [2.75, 3.05) is 13.1 Å². The van der Waals surface area contributed by atoms with E-state index in [0.29, 0.717) is 5.92 Å². The molecule has 1 aliphatic carbocycles. The molecule has 0 bridgehead atoms. The van der Waals surface area contributed by atoms with E-state index in [0.717, 1.165) is 6.54 Å². The number of aryl methyl sites for hydroxylation is 2. The van der Waals surface area contributed by atoms with Crippen molar-refractivity contribution in [1.29, 1.82) is 0 Å². The summed E-state index contributed by atoms with van der Waals surface area (Å²) in [5.41, 5.74) is 1.41. The molecule has 1 aliphatic heterocycles. The normalized spacial score (nSPS) is 26.4. The van der Waals surface area contributed by atoms with Gasteiger partial charge in [-0.15, -0.1) is 11.3 Å². The van der Waals surface area contributed by atoms with E-state index < -0.39 is 0 Å². The molecule has 2 nitrogen and oxygen atoms in total. The smallest absolute Gasteiger partial charge is 0.0974 e. The van der Waals surface area contributed by atoms with Gasteiger partial charge in [0.2, 0.25) is 0 Å². The molecule has 1 atom stereocenters. The second-order valence-electron chi connectivity index (χ2n) is 4.32. The molecule has 1 fully saturated rings. The highest BCUT2D eigenvalue weighted by Crippen LogP contribution is 2.33. The molecule has 0 radical (unpaired) electrons. The number of hydrogen-bond donors (Lipinski definition) is 1. The topological polar surface area (TPSA) is 24.9 Å².